The normalized spacial score (nSPS) is 11.2. The van der Waals surface area contributed by atoms with E-state index in [0.29, 0.717) is 5.56 Å². The molecule has 7 nitrogen and oxygen atoms in total. The van der Waals surface area contributed by atoms with Gasteiger partial charge in [0.2, 0.25) is 5.91 Å². The van der Waals surface area contributed by atoms with E-state index >= 15 is 0 Å². The smallest absolute Gasteiger partial charge is 0.387 e. The van der Waals surface area contributed by atoms with E-state index in [9.17, 15) is 22.0 Å². The molecule has 11 heteroatoms. The number of anilines is 2. The number of rotatable bonds is 9. The van der Waals surface area contributed by atoms with Crippen LogP contribution >= 0.6 is 11.6 Å². The van der Waals surface area contributed by atoms with Gasteiger partial charge >= 0.3 is 6.61 Å². The Bertz CT molecular complexity index is 1240. The summed E-state index contributed by atoms with van der Waals surface area (Å²) < 4.78 is 62.2. The predicted molar refractivity (Wildman–Crippen MR) is 121 cm³/mol. The van der Waals surface area contributed by atoms with Gasteiger partial charge in [-0.15, -0.1) is 0 Å². The van der Waals surface area contributed by atoms with Crippen LogP contribution in [0.15, 0.2) is 71.6 Å². The molecule has 174 valence electrons. The van der Waals surface area contributed by atoms with Crippen LogP contribution < -0.4 is 19.5 Å². The van der Waals surface area contributed by atoms with Gasteiger partial charge < -0.3 is 14.8 Å². The fourth-order valence-corrected chi connectivity index (χ4v) is 4.40. The molecule has 0 saturated heterocycles. The Morgan fingerprint density at radius 1 is 1.06 bits per heavy atom. The van der Waals surface area contributed by atoms with Gasteiger partial charge in [-0.05, 0) is 48.0 Å². The SMILES string of the molecule is COc1ccc(NC(=O)Cc2ccc(OC(F)F)cc2)cc1S(=O)(=O)Nc1ccccc1Cl. The second-order valence-electron chi connectivity index (χ2n) is 6.70. The second kappa shape index (κ2) is 10.5. The predicted octanol–water partition coefficient (Wildman–Crippen LogP) is 4.93. The first-order valence-electron chi connectivity index (χ1n) is 9.47. The van der Waals surface area contributed by atoms with Crippen molar-refractivity contribution in [3.8, 4) is 11.5 Å². The van der Waals surface area contributed by atoms with Gasteiger partial charge in [0.15, 0.2) is 0 Å². The standard InChI is InChI=1S/C22H19ClF2N2O5S/c1-31-19-11-8-15(13-20(19)33(29,30)27-18-5-3-2-4-17(18)23)26-21(28)12-14-6-9-16(10-7-14)32-22(24)25/h2-11,13,22,27H,12H2,1H3,(H,26,28). The van der Waals surface area contributed by atoms with Gasteiger partial charge in [-0.25, -0.2) is 8.42 Å². The number of hydrogen-bond donors (Lipinski definition) is 2. The van der Waals surface area contributed by atoms with Crippen LogP contribution in [0.1, 0.15) is 5.56 Å². The number of carbonyl (C=O) groups excluding carboxylic acids is 1. The summed E-state index contributed by atoms with van der Waals surface area (Å²) in [5.41, 5.74) is 0.962. The Balaban J connectivity index is 1.76. The minimum absolute atomic E-state index is 0.0230. The van der Waals surface area contributed by atoms with Crippen LogP contribution in [0, 0.1) is 0 Å². The summed E-state index contributed by atoms with van der Waals surface area (Å²) in [6, 6.07) is 16.1. The summed E-state index contributed by atoms with van der Waals surface area (Å²) >= 11 is 6.04. The first-order chi connectivity index (χ1) is 15.7. The van der Waals surface area contributed by atoms with Crippen LogP contribution in [0.25, 0.3) is 0 Å². The Morgan fingerprint density at radius 2 is 1.76 bits per heavy atom. The van der Waals surface area contributed by atoms with Gasteiger partial charge in [0.05, 0.1) is 24.2 Å². The average Bonchev–Trinajstić information content (AvgIpc) is 2.76. The largest absolute Gasteiger partial charge is 0.495 e. The highest BCUT2D eigenvalue weighted by Crippen LogP contribution is 2.31. The molecule has 0 radical (unpaired) electrons. The summed E-state index contributed by atoms with van der Waals surface area (Å²) in [7, 11) is -2.77. The maximum Gasteiger partial charge on any atom is 0.387 e. The molecule has 0 saturated carbocycles. The molecule has 3 aromatic carbocycles. The number of para-hydroxylation sites is 1. The summed E-state index contributed by atoms with van der Waals surface area (Å²) in [6.07, 6.45) is -0.0685. The van der Waals surface area contributed by atoms with Crippen LogP contribution in [0.4, 0.5) is 20.2 Å². The van der Waals surface area contributed by atoms with Crippen molar-refractivity contribution in [2.24, 2.45) is 0 Å². The van der Waals surface area contributed by atoms with Crippen molar-refractivity contribution in [1.29, 1.82) is 0 Å². The molecule has 3 rings (SSSR count). The van der Waals surface area contributed by atoms with E-state index in [2.05, 4.69) is 14.8 Å². The molecule has 1 amide bonds. The van der Waals surface area contributed by atoms with E-state index in [4.69, 9.17) is 16.3 Å². The van der Waals surface area contributed by atoms with E-state index < -0.39 is 22.5 Å². The molecule has 0 aliphatic heterocycles. The summed E-state index contributed by atoms with van der Waals surface area (Å²) in [5, 5.41) is 2.83. The minimum Gasteiger partial charge on any atom is -0.495 e. The summed E-state index contributed by atoms with van der Waals surface area (Å²) in [5.74, 6) is -0.391. The zero-order chi connectivity index (χ0) is 24.0. The van der Waals surface area contributed by atoms with Gasteiger partial charge in [-0.3, -0.25) is 9.52 Å². The number of benzene rings is 3. The first kappa shape index (κ1) is 24.3. The van der Waals surface area contributed by atoms with E-state index in [1.54, 1.807) is 18.2 Å². The molecular weight excluding hydrogens is 478 g/mol. The number of nitrogens with one attached hydrogen (secondary N) is 2. The van der Waals surface area contributed by atoms with E-state index in [1.807, 2.05) is 0 Å². The quantitative estimate of drug-likeness (QED) is 0.438. The molecule has 0 aromatic heterocycles. The lowest BCUT2D eigenvalue weighted by Gasteiger charge is -2.14. The van der Waals surface area contributed by atoms with E-state index in [0.717, 1.165) is 0 Å². The van der Waals surface area contributed by atoms with Crippen LogP contribution in [0.5, 0.6) is 11.5 Å². The Hall–Kier alpha value is -3.37. The lowest BCUT2D eigenvalue weighted by molar-refractivity contribution is -0.115. The molecule has 0 aliphatic rings. The zero-order valence-corrected chi connectivity index (χ0v) is 18.8. The highest BCUT2D eigenvalue weighted by Gasteiger charge is 2.22. The molecule has 0 unspecified atom stereocenters. The van der Waals surface area contributed by atoms with Crippen LogP contribution in [-0.4, -0.2) is 28.0 Å². The molecule has 0 heterocycles. The van der Waals surface area contributed by atoms with Gasteiger partial charge in [0.25, 0.3) is 10.0 Å². The van der Waals surface area contributed by atoms with Crippen molar-refractivity contribution in [1.82, 2.24) is 0 Å². The van der Waals surface area contributed by atoms with Crippen molar-refractivity contribution < 1.29 is 31.5 Å². The molecule has 0 atom stereocenters. The van der Waals surface area contributed by atoms with Crippen molar-refractivity contribution in [2.75, 3.05) is 17.1 Å². The molecule has 33 heavy (non-hydrogen) atoms. The number of alkyl halides is 2. The first-order valence-corrected chi connectivity index (χ1v) is 11.3. The third-order valence-corrected chi connectivity index (χ3v) is 6.08. The maximum atomic E-state index is 12.9. The third kappa shape index (κ3) is 6.56. The zero-order valence-electron chi connectivity index (χ0n) is 17.2. The molecule has 0 fully saturated rings. The Kier molecular flexibility index (Phi) is 7.72. The van der Waals surface area contributed by atoms with Crippen LogP contribution in [-0.2, 0) is 21.2 Å². The van der Waals surface area contributed by atoms with Gasteiger partial charge in [-0.2, -0.15) is 8.78 Å². The number of halogens is 3. The van der Waals surface area contributed by atoms with Crippen molar-refractivity contribution in [2.45, 2.75) is 17.9 Å². The number of hydrogen-bond acceptors (Lipinski definition) is 5. The highest BCUT2D eigenvalue weighted by molar-refractivity contribution is 7.92. The fraction of sp³-hybridized carbons (Fsp3) is 0.136. The number of ether oxygens (including phenoxy) is 2. The molecule has 0 aliphatic carbocycles. The maximum absolute atomic E-state index is 12.9. The summed E-state index contributed by atoms with van der Waals surface area (Å²) in [4.78, 5) is 12.2. The van der Waals surface area contributed by atoms with Crippen molar-refractivity contribution >= 4 is 38.9 Å². The number of amides is 1. The molecular formula is C22H19ClF2N2O5S. The Labute approximate surface area is 194 Å². The van der Waals surface area contributed by atoms with Gasteiger partial charge in [-0.1, -0.05) is 35.9 Å². The third-order valence-electron chi connectivity index (χ3n) is 4.37. The Morgan fingerprint density at radius 3 is 2.39 bits per heavy atom. The minimum atomic E-state index is -4.10. The van der Waals surface area contributed by atoms with Crippen molar-refractivity contribution in [3.05, 3.63) is 77.3 Å². The fourth-order valence-electron chi connectivity index (χ4n) is 2.89. The van der Waals surface area contributed by atoms with Gasteiger partial charge in [0.1, 0.15) is 16.4 Å². The summed E-state index contributed by atoms with van der Waals surface area (Å²) in [6.45, 7) is -2.94. The lowest BCUT2D eigenvalue weighted by Crippen LogP contribution is -2.17. The number of sulfonamides is 1. The second-order valence-corrected chi connectivity index (χ2v) is 8.76. The number of carbonyl (C=O) groups is 1. The molecule has 3 aromatic rings. The number of methoxy groups -OCH3 is 1. The van der Waals surface area contributed by atoms with Crippen molar-refractivity contribution in [3.63, 3.8) is 0 Å². The van der Waals surface area contributed by atoms with E-state index in [1.165, 1.54) is 55.6 Å². The molecule has 2 N–H and O–H groups in total. The van der Waals surface area contributed by atoms with Crippen LogP contribution in [0.3, 0.4) is 0 Å². The topological polar surface area (TPSA) is 93.7 Å². The monoisotopic (exact) mass is 496 g/mol. The molecule has 0 bridgehead atoms. The van der Waals surface area contributed by atoms with Crippen LogP contribution in [0.2, 0.25) is 5.02 Å². The highest BCUT2D eigenvalue weighted by atomic mass is 35.5. The average molecular weight is 497 g/mol. The lowest BCUT2D eigenvalue weighted by atomic mass is 10.1. The van der Waals surface area contributed by atoms with E-state index in [-0.39, 0.29) is 39.2 Å². The molecule has 0 spiro atoms. The van der Waals surface area contributed by atoms with Gasteiger partial charge in [0, 0.05) is 5.69 Å².